The number of rotatable bonds is 13. The molecule has 222 valence electrons. The Morgan fingerprint density at radius 3 is 2.40 bits per heavy atom. The van der Waals surface area contributed by atoms with E-state index in [4.69, 9.17) is 21.3 Å². The zero-order chi connectivity index (χ0) is 30.0. The zero-order valence-corrected chi connectivity index (χ0v) is 24.7. The minimum absolute atomic E-state index is 0.0525. The number of aryl methyl sites for hydroxylation is 2. The van der Waals surface area contributed by atoms with Crippen molar-refractivity contribution in [3.63, 3.8) is 0 Å². The maximum atomic E-state index is 14.0. The number of carbonyl (C=O) groups excluding carboxylic acids is 1. The molecule has 1 aliphatic heterocycles. The Kier molecular flexibility index (Phi) is 10.2. The summed E-state index contributed by atoms with van der Waals surface area (Å²) < 4.78 is 5.83. The number of carboxylic acids is 1. The van der Waals surface area contributed by atoms with Crippen molar-refractivity contribution in [1.29, 1.82) is 0 Å². The largest absolute Gasteiger partial charge is 0.492 e. The molecule has 0 bridgehead atoms. The molecular formula is C34H35ClN4O4. The molecular weight excluding hydrogens is 564 g/mol. The van der Waals surface area contributed by atoms with Gasteiger partial charge in [-0.1, -0.05) is 72.3 Å². The summed E-state index contributed by atoms with van der Waals surface area (Å²) in [5, 5.41) is 10.1. The minimum atomic E-state index is -0.972. The first kappa shape index (κ1) is 30.0. The molecule has 1 fully saturated rings. The molecule has 1 amide bonds. The van der Waals surface area contributed by atoms with E-state index in [1.165, 1.54) is 4.90 Å². The predicted molar refractivity (Wildman–Crippen MR) is 167 cm³/mol. The number of hydrogen-bond donors (Lipinski definition) is 1. The van der Waals surface area contributed by atoms with Gasteiger partial charge in [-0.15, -0.1) is 0 Å². The van der Waals surface area contributed by atoms with Crippen molar-refractivity contribution >= 4 is 29.4 Å². The maximum Gasteiger partial charge on any atom is 0.305 e. The Morgan fingerprint density at radius 1 is 0.953 bits per heavy atom. The fourth-order valence-corrected chi connectivity index (χ4v) is 5.49. The van der Waals surface area contributed by atoms with Gasteiger partial charge in [0.05, 0.1) is 30.3 Å². The van der Waals surface area contributed by atoms with Crippen LogP contribution in [0.15, 0.2) is 91.1 Å². The van der Waals surface area contributed by atoms with Crippen LogP contribution in [0.3, 0.4) is 0 Å². The average molecular weight is 599 g/mol. The van der Waals surface area contributed by atoms with Crippen LogP contribution in [0.4, 0.5) is 5.95 Å². The molecule has 3 aromatic carbocycles. The summed E-state index contributed by atoms with van der Waals surface area (Å²) in [6, 6.07) is 27.4. The number of carbonyl (C=O) groups is 2. The summed E-state index contributed by atoms with van der Waals surface area (Å²) in [6.45, 7) is 1.31. The van der Waals surface area contributed by atoms with Gasteiger partial charge in [0.2, 0.25) is 5.95 Å². The lowest BCUT2D eigenvalue weighted by atomic mass is 10.0. The summed E-state index contributed by atoms with van der Waals surface area (Å²) >= 11 is 6.14. The van der Waals surface area contributed by atoms with E-state index >= 15 is 0 Å². The van der Waals surface area contributed by atoms with Crippen LogP contribution in [-0.2, 0) is 17.6 Å². The molecule has 0 radical (unpaired) electrons. The van der Waals surface area contributed by atoms with E-state index in [0.29, 0.717) is 40.8 Å². The number of benzene rings is 3. The maximum absolute atomic E-state index is 14.0. The molecule has 1 aliphatic rings. The van der Waals surface area contributed by atoms with Gasteiger partial charge >= 0.3 is 5.97 Å². The van der Waals surface area contributed by atoms with Crippen molar-refractivity contribution in [3.05, 3.63) is 119 Å². The zero-order valence-electron chi connectivity index (χ0n) is 23.9. The van der Waals surface area contributed by atoms with E-state index in [0.717, 1.165) is 30.5 Å². The van der Waals surface area contributed by atoms with Gasteiger partial charge in [0.1, 0.15) is 12.4 Å². The number of aromatic nitrogens is 2. The molecule has 2 heterocycles. The number of para-hydroxylation sites is 1. The van der Waals surface area contributed by atoms with Crippen LogP contribution in [0.25, 0.3) is 0 Å². The lowest BCUT2D eigenvalue weighted by Crippen LogP contribution is -2.37. The van der Waals surface area contributed by atoms with Gasteiger partial charge in [-0.3, -0.25) is 9.59 Å². The molecule has 5 rings (SSSR count). The fraction of sp³-hybridized carbons (Fsp3) is 0.294. The Morgan fingerprint density at radius 2 is 1.67 bits per heavy atom. The summed E-state index contributed by atoms with van der Waals surface area (Å²) in [7, 11) is 0. The Hall–Kier alpha value is -4.43. The highest BCUT2D eigenvalue weighted by atomic mass is 35.5. The predicted octanol–water partition coefficient (Wildman–Crippen LogP) is 6.25. The second kappa shape index (κ2) is 14.6. The van der Waals surface area contributed by atoms with Gasteiger partial charge in [-0.05, 0) is 61.1 Å². The third-order valence-electron chi connectivity index (χ3n) is 7.60. The highest BCUT2D eigenvalue weighted by molar-refractivity contribution is 6.30. The van der Waals surface area contributed by atoms with E-state index in [1.54, 1.807) is 6.20 Å². The third kappa shape index (κ3) is 8.11. The van der Waals surface area contributed by atoms with Crippen molar-refractivity contribution in [3.8, 4) is 5.75 Å². The molecule has 1 aromatic heterocycles. The first-order valence-corrected chi connectivity index (χ1v) is 15.0. The number of carboxylic acid groups (broad SMARTS) is 1. The lowest BCUT2D eigenvalue weighted by Gasteiger charge is -2.27. The lowest BCUT2D eigenvalue weighted by molar-refractivity contribution is -0.137. The number of anilines is 1. The first-order valence-electron chi connectivity index (χ1n) is 14.6. The van der Waals surface area contributed by atoms with Crippen molar-refractivity contribution in [2.45, 2.75) is 38.1 Å². The summed E-state index contributed by atoms with van der Waals surface area (Å²) in [5.41, 5.74) is 3.31. The number of aliphatic carboxylic acids is 1. The van der Waals surface area contributed by atoms with E-state index in [1.807, 2.05) is 72.8 Å². The highest BCUT2D eigenvalue weighted by Crippen LogP contribution is 2.35. The molecule has 1 saturated heterocycles. The van der Waals surface area contributed by atoms with Crippen LogP contribution in [-0.4, -0.2) is 58.1 Å². The minimum Gasteiger partial charge on any atom is -0.492 e. The normalized spacial score (nSPS) is 14.4. The fourth-order valence-electron chi connectivity index (χ4n) is 5.37. The number of nitrogens with zero attached hydrogens (tertiary/aromatic N) is 4. The Labute approximate surface area is 256 Å². The molecule has 4 aromatic rings. The van der Waals surface area contributed by atoms with Crippen LogP contribution in [0, 0.1) is 0 Å². The number of ether oxygens (including phenoxy) is 1. The summed E-state index contributed by atoms with van der Waals surface area (Å²) in [6.07, 6.45) is 4.63. The van der Waals surface area contributed by atoms with Crippen molar-refractivity contribution in [2.75, 3.05) is 31.1 Å². The molecule has 0 saturated carbocycles. The highest BCUT2D eigenvalue weighted by Gasteiger charge is 2.30. The van der Waals surface area contributed by atoms with Gasteiger partial charge in [-0.25, -0.2) is 9.97 Å². The Bertz CT molecular complexity index is 1500. The number of amides is 1. The van der Waals surface area contributed by atoms with Crippen molar-refractivity contribution in [2.24, 2.45) is 0 Å². The Balaban J connectivity index is 1.41. The second-order valence-electron chi connectivity index (χ2n) is 10.5. The van der Waals surface area contributed by atoms with E-state index in [2.05, 4.69) is 22.0 Å². The number of hydrogen-bond acceptors (Lipinski definition) is 6. The monoisotopic (exact) mass is 598 g/mol. The topological polar surface area (TPSA) is 95.9 Å². The van der Waals surface area contributed by atoms with Crippen LogP contribution in [0.2, 0.25) is 5.02 Å². The smallest absolute Gasteiger partial charge is 0.305 e. The van der Waals surface area contributed by atoms with Gasteiger partial charge < -0.3 is 19.6 Å². The molecule has 0 unspecified atom stereocenters. The summed E-state index contributed by atoms with van der Waals surface area (Å²) in [5.74, 6) is -0.00469. The average Bonchev–Trinajstić information content (AvgIpc) is 3.53. The first-order chi connectivity index (χ1) is 21.0. The molecule has 9 heteroatoms. The van der Waals surface area contributed by atoms with Crippen LogP contribution in [0.5, 0.6) is 5.75 Å². The number of halogens is 1. The van der Waals surface area contributed by atoms with Gasteiger partial charge in [0.15, 0.2) is 0 Å². The van der Waals surface area contributed by atoms with Crippen molar-refractivity contribution in [1.82, 2.24) is 14.9 Å². The molecule has 8 nitrogen and oxygen atoms in total. The van der Waals surface area contributed by atoms with Crippen LogP contribution < -0.4 is 9.64 Å². The van der Waals surface area contributed by atoms with Crippen molar-refractivity contribution < 1.29 is 19.4 Å². The van der Waals surface area contributed by atoms with Crippen LogP contribution >= 0.6 is 11.6 Å². The molecule has 0 spiro atoms. The quantitative estimate of drug-likeness (QED) is 0.194. The molecule has 1 N–H and O–H groups in total. The molecule has 0 aliphatic carbocycles. The standard InChI is InChI=1S/C34H35ClN4O4/c35-27-16-14-26(15-17-27)31-12-7-20-39(31)34-36-24-29(30(37-34)18-13-25-8-3-1-4-9-25)33(42)38(21-19-32(40)41)22-23-43-28-10-5-2-6-11-28/h1-6,8-11,14-17,24,31H,7,12-13,18-23H2,(H,40,41)/t31-/m1/s1. The SMILES string of the molecule is O=C(O)CCN(CCOc1ccccc1)C(=O)c1cnc(N2CCC[C@@H]2c2ccc(Cl)cc2)nc1CCc1ccccc1. The van der Waals surface area contributed by atoms with Gasteiger partial charge in [-0.2, -0.15) is 0 Å². The van der Waals surface area contributed by atoms with Gasteiger partial charge in [0, 0.05) is 24.3 Å². The molecule has 1 atom stereocenters. The third-order valence-corrected chi connectivity index (χ3v) is 7.85. The summed E-state index contributed by atoms with van der Waals surface area (Å²) in [4.78, 5) is 38.8. The van der Waals surface area contributed by atoms with Crippen LogP contribution in [0.1, 0.15) is 52.5 Å². The van der Waals surface area contributed by atoms with E-state index in [9.17, 15) is 14.7 Å². The second-order valence-corrected chi connectivity index (χ2v) is 11.0. The van der Waals surface area contributed by atoms with E-state index < -0.39 is 5.97 Å². The molecule has 43 heavy (non-hydrogen) atoms. The van der Waals surface area contributed by atoms with E-state index in [-0.39, 0.29) is 38.1 Å². The van der Waals surface area contributed by atoms with Gasteiger partial charge in [0.25, 0.3) is 5.91 Å².